The minimum absolute atomic E-state index is 0.180. The summed E-state index contributed by atoms with van der Waals surface area (Å²) >= 11 is 0. The van der Waals surface area contributed by atoms with Crippen LogP contribution < -0.4 is 0 Å². The van der Waals surface area contributed by atoms with E-state index < -0.39 is 15.8 Å². The van der Waals surface area contributed by atoms with Crippen LogP contribution in [0.3, 0.4) is 0 Å². The van der Waals surface area contributed by atoms with Crippen LogP contribution in [0.2, 0.25) is 0 Å². The molecule has 0 saturated heterocycles. The van der Waals surface area contributed by atoms with Gasteiger partial charge in [0.05, 0.1) is 10.5 Å². The van der Waals surface area contributed by atoms with E-state index in [1.165, 1.54) is 24.3 Å². The van der Waals surface area contributed by atoms with Crippen molar-refractivity contribution in [3.05, 3.63) is 35.9 Å². The highest BCUT2D eigenvalue weighted by atomic mass is 32.2. The van der Waals surface area contributed by atoms with Gasteiger partial charge in [0.2, 0.25) is 0 Å². The van der Waals surface area contributed by atoms with Crippen LogP contribution in [0.5, 0.6) is 0 Å². The van der Waals surface area contributed by atoms with E-state index in [2.05, 4.69) is 6.58 Å². The van der Waals surface area contributed by atoms with Crippen molar-refractivity contribution in [1.29, 1.82) is 0 Å². The fourth-order valence-electron chi connectivity index (χ4n) is 1.17. The number of carboxylic acid groups (broad SMARTS) is 1. The summed E-state index contributed by atoms with van der Waals surface area (Å²) in [7, 11) is -3.52. The Balaban J connectivity index is 3.54. The predicted molar refractivity (Wildman–Crippen MR) is 56.6 cm³/mol. The largest absolute Gasteiger partial charge is 0.478 e. The molecule has 0 fully saturated rings. The zero-order valence-electron chi connectivity index (χ0n) is 8.10. The molecule has 1 aromatic rings. The summed E-state index contributed by atoms with van der Waals surface area (Å²) in [6, 6.07) is 4.07. The maximum absolute atomic E-state index is 11.3. The second kappa shape index (κ2) is 3.86. The average Bonchev–Trinajstić information content (AvgIpc) is 2.15. The second-order valence-corrected chi connectivity index (χ2v) is 5.02. The van der Waals surface area contributed by atoms with E-state index in [4.69, 9.17) is 5.11 Å². The Labute approximate surface area is 87.8 Å². The molecule has 0 bridgehead atoms. The van der Waals surface area contributed by atoms with Gasteiger partial charge in [-0.25, -0.2) is 13.2 Å². The zero-order chi connectivity index (χ0) is 11.6. The maximum atomic E-state index is 11.3. The lowest BCUT2D eigenvalue weighted by atomic mass is 10.1. The number of aromatic carboxylic acids is 1. The molecule has 0 unspecified atom stereocenters. The van der Waals surface area contributed by atoms with Crippen LogP contribution in [0.4, 0.5) is 0 Å². The van der Waals surface area contributed by atoms with Crippen molar-refractivity contribution in [2.45, 2.75) is 4.90 Å². The number of carbonyl (C=O) groups is 1. The molecule has 1 aromatic carbocycles. The van der Waals surface area contributed by atoms with Crippen LogP contribution in [-0.4, -0.2) is 25.7 Å². The Morgan fingerprint density at radius 3 is 2.47 bits per heavy atom. The van der Waals surface area contributed by atoms with Gasteiger partial charge in [0.1, 0.15) is 0 Å². The minimum atomic E-state index is -3.52. The molecule has 0 spiro atoms. The van der Waals surface area contributed by atoms with E-state index in [0.717, 1.165) is 6.26 Å². The van der Waals surface area contributed by atoms with Crippen molar-refractivity contribution in [1.82, 2.24) is 0 Å². The first kappa shape index (κ1) is 11.5. The van der Waals surface area contributed by atoms with Gasteiger partial charge in [-0.15, -0.1) is 0 Å². The quantitative estimate of drug-likeness (QED) is 0.846. The molecule has 15 heavy (non-hydrogen) atoms. The lowest BCUT2D eigenvalue weighted by Gasteiger charge is -2.04. The van der Waals surface area contributed by atoms with Crippen molar-refractivity contribution >= 4 is 21.9 Å². The van der Waals surface area contributed by atoms with E-state index >= 15 is 0 Å². The van der Waals surface area contributed by atoms with Crippen LogP contribution in [-0.2, 0) is 9.84 Å². The lowest BCUT2D eigenvalue weighted by molar-refractivity contribution is 0.0692. The monoisotopic (exact) mass is 226 g/mol. The van der Waals surface area contributed by atoms with Gasteiger partial charge < -0.3 is 5.11 Å². The highest BCUT2D eigenvalue weighted by Gasteiger charge is 2.17. The van der Waals surface area contributed by atoms with Crippen LogP contribution in [0.15, 0.2) is 29.7 Å². The van der Waals surface area contributed by atoms with E-state index in [-0.39, 0.29) is 10.5 Å². The third kappa shape index (κ3) is 2.44. The number of hydrogen-bond acceptors (Lipinski definition) is 3. The number of carboxylic acids is 1. The first-order valence-corrected chi connectivity index (χ1v) is 5.95. The molecule has 1 N–H and O–H groups in total. The Bertz CT molecular complexity index is 514. The predicted octanol–water partition coefficient (Wildman–Crippen LogP) is 1.43. The summed E-state index contributed by atoms with van der Waals surface area (Å²) in [5.41, 5.74) is 0.342. The molecule has 0 saturated carbocycles. The average molecular weight is 226 g/mol. The highest BCUT2D eigenvalue weighted by molar-refractivity contribution is 7.90. The Morgan fingerprint density at radius 2 is 2.07 bits per heavy atom. The molecule has 80 valence electrons. The molecule has 0 aliphatic rings. The first-order valence-electron chi connectivity index (χ1n) is 4.06. The number of benzene rings is 1. The summed E-state index contributed by atoms with van der Waals surface area (Å²) in [5, 5.41) is 8.85. The fourth-order valence-corrected chi connectivity index (χ4v) is 2.03. The molecule has 4 nitrogen and oxygen atoms in total. The van der Waals surface area contributed by atoms with Crippen molar-refractivity contribution < 1.29 is 18.3 Å². The van der Waals surface area contributed by atoms with Crippen molar-refractivity contribution in [2.75, 3.05) is 6.26 Å². The molecule has 0 aromatic heterocycles. The normalized spacial score (nSPS) is 11.0. The van der Waals surface area contributed by atoms with Gasteiger partial charge >= 0.3 is 5.97 Å². The van der Waals surface area contributed by atoms with E-state index in [0.29, 0.717) is 5.56 Å². The third-order valence-electron chi connectivity index (χ3n) is 1.87. The molecular weight excluding hydrogens is 216 g/mol. The van der Waals surface area contributed by atoms with Gasteiger partial charge in [0, 0.05) is 6.26 Å². The molecule has 0 atom stereocenters. The standard InChI is InChI=1S/C10H10O4S/c1-3-7-4-5-9(15(2,13)14)8(6-7)10(11)12/h3-6H,1H2,2H3,(H,11,12). The van der Waals surface area contributed by atoms with Gasteiger partial charge in [-0.2, -0.15) is 0 Å². The molecule has 0 amide bonds. The summed E-state index contributed by atoms with van der Waals surface area (Å²) in [6.07, 6.45) is 2.43. The SMILES string of the molecule is C=Cc1ccc(S(C)(=O)=O)c(C(=O)O)c1. The summed E-state index contributed by atoms with van der Waals surface area (Å²) in [4.78, 5) is 10.7. The van der Waals surface area contributed by atoms with Crippen LogP contribution in [0.1, 0.15) is 15.9 Å². The van der Waals surface area contributed by atoms with Crippen molar-refractivity contribution in [2.24, 2.45) is 0 Å². The second-order valence-electron chi connectivity index (χ2n) is 3.04. The third-order valence-corrected chi connectivity index (χ3v) is 3.02. The van der Waals surface area contributed by atoms with Crippen molar-refractivity contribution in [3.63, 3.8) is 0 Å². The van der Waals surface area contributed by atoms with Gasteiger partial charge in [0.25, 0.3) is 0 Å². The molecule has 0 heterocycles. The Morgan fingerprint density at radius 1 is 1.47 bits per heavy atom. The number of rotatable bonds is 3. The summed E-state index contributed by atoms with van der Waals surface area (Å²) in [6.45, 7) is 3.48. The molecule has 0 aliphatic carbocycles. The molecule has 0 radical (unpaired) electrons. The van der Waals surface area contributed by atoms with Gasteiger partial charge in [-0.1, -0.05) is 18.7 Å². The van der Waals surface area contributed by atoms with Gasteiger partial charge in [0.15, 0.2) is 9.84 Å². The highest BCUT2D eigenvalue weighted by Crippen LogP contribution is 2.18. The fraction of sp³-hybridized carbons (Fsp3) is 0.100. The number of hydrogen-bond donors (Lipinski definition) is 1. The summed E-state index contributed by atoms with van der Waals surface area (Å²) < 4.78 is 22.5. The minimum Gasteiger partial charge on any atom is -0.478 e. The van der Waals surface area contributed by atoms with Crippen molar-refractivity contribution in [3.8, 4) is 0 Å². The molecule has 5 heteroatoms. The van der Waals surface area contributed by atoms with Crippen LogP contribution in [0, 0.1) is 0 Å². The Hall–Kier alpha value is -1.62. The zero-order valence-corrected chi connectivity index (χ0v) is 8.91. The number of sulfone groups is 1. The first-order chi connectivity index (χ1) is 6.86. The molecule has 1 rings (SSSR count). The van der Waals surface area contributed by atoms with E-state index in [9.17, 15) is 13.2 Å². The Kier molecular flexibility index (Phi) is 2.95. The van der Waals surface area contributed by atoms with Gasteiger partial charge in [-0.3, -0.25) is 0 Å². The molecule has 0 aliphatic heterocycles. The van der Waals surface area contributed by atoms with Gasteiger partial charge in [-0.05, 0) is 17.7 Å². The van der Waals surface area contributed by atoms with Crippen LogP contribution in [0.25, 0.3) is 6.08 Å². The summed E-state index contributed by atoms with van der Waals surface area (Å²) in [5.74, 6) is -1.26. The van der Waals surface area contributed by atoms with E-state index in [1.807, 2.05) is 0 Å². The van der Waals surface area contributed by atoms with Crippen LogP contribution >= 0.6 is 0 Å². The molecular formula is C10H10O4S. The lowest BCUT2D eigenvalue weighted by Crippen LogP contribution is -2.07. The maximum Gasteiger partial charge on any atom is 0.337 e. The smallest absolute Gasteiger partial charge is 0.337 e. The van der Waals surface area contributed by atoms with E-state index in [1.54, 1.807) is 0 Å². The topological polar surface area (TPSA) is 71.4 Å².